The molecule has 6 nitrogen and oxygen atoms in total. The first-order chi connectivity index (χ1) is 9.58. The number of amides is 2. The maximum atomic E-state index is 12.0. The lowest BCUT2D eigenvalue weighted by atomic mass is 10.2. The molecule has 0 heterocycles. The van der Waals surface area contributed by atoms with Crippen LogP contribution in [0.25, 0.3) is 0 Å². The minimum absolute atomic E-state index is 0.130. The van der Waals surface area contributed by atoms with Crippen LogP contribution in [0.4, 0.5) is 10.5 Å². The third-order valence-electron chi connectivity index (χ3n) is 2.59. The quantitative estimate of drug-likeness (QED) is 0.748. The van der Waals surface area contributed by atoms with E-state index in [4.69, 9.17) is 4.74 Å². The van der Waals surface area contributed by atoms with E-state index in [1.165, 1.54) is 6.07 Å². The van der Waals surface area contributed by atoms with Crippen LogP contribution in [0.3, 0.4) is 0 Å². The molecule has 1 atom stereocenters. The van der Waals surface area contributed by atoms with E-state index in [0.29, 0.717) is 5.69 Å². The largest absolute Gasteiger partial charge is 0.508 e. The first-order valence-electron chi connectivity index (χ1n) is 6.68. The van der Waals surface area contributed by atoms with Crippen LogP contribution in [0.5, 0.6) is 5.75 Å². The summed E-state index contributed by atoms with van der Waals surface area (Å²) in [6, 6.07) is 3.88. The average molecular weight is 294 g/mol. The molecule has 0 aromatic heterocycles. The molecule has 1 aromatic rings. The Labute approximate surface area is 124 Å². The molecule has 1 unspecified atom stereocenters. The molecule has 0 bridgehead atoms. The molecule has 0 aliphatic heterocycles. The maximum Gasteiger partial charge on any atom is 0.408 e. The number of phenolic OH excluding ortho intramolecular Hbond substituents is 1. The fourth-order valence-electron chi connectivity index (χ4n) is 1.58. The molecule has 0 saturated carbocycles. The van der Waals surface area contributed by atoms with Crippen molar-refractivity contribution in [2.45, 2.75) is 46.3 Å². The van der Waals surface area contributed by atoms with Gasteiger partial charge in [-0.25, -0.2) is 4.79 Å². The van der Waals surface area contributed by atoms with Crippen LogP contribution in [0, 0.1) is 6.92 Å². The lowest BCUT2D eigenvalue weighted by Gasteiger charge is -2.21. The van der Waals surface area contributed by atoms with Gasteiger partial charge in [-0.15, -0.1) is 0 Å². The van der Waals surface area contributed by atoms with Gasteiger partial charge in [0, 0.05) is 5.69 Å². The van der Waals surface area contributed by atoms with Crippen LogP contribution in [-0.4, -0.2) is 28.7 Å². The summed E-state index contributed by atoms with van der Waals surface area (Å²) >= 11 is 0. The minimum Gasteiger partial charge on any atom is -0.508 e. The molecule has 0 aliphatic carbocycles. The second kappa shape index (κ2) is 6.47. The van der Waals surface area contributed by atoms with Crippen molar-refractivity contribution < 1.29 is 19.4 Å². The number of ether oxygens (including phenoxy) is 1. The van der Waals surface area contributed by atoms with Gasteiger partial charge < -0.3 is 20.5 Å². The number of aryl methyl sites for hydroxylation is 1. The zero-order valence-electron chi connectivity index (χ0n) is 13.0. The van der Waals surface area contributed by atoms with Crippen molar-refractivity contribution >= 4 is 17.7 Å². The fraction of sp³-hybridized carbons (Fsp3) is 0.467. The highest BCUT2D eigenvalue weighted by Gasteiger charge is 2.21. The number of anilines is 1. The van der Waals surface area contributed by atoms with Gasteiger partial charge in [0.2, 0.25) is 5.91 Å². The van der Waals surface area contributed by atoms with E-state index in [2.05, 4.69) is 10.6 Å². The molecule has 3 N–H and O–H groups in total. The summed E-state index contributed by atoms with van der Waals surface area (Å²) in [7, 11) is 0. The van der Waals surface area contributed by atoms with E-state index >= 15 is 0 Å². The number of benzene rings is 1. The SMILES string of the molecule is Cc1cc(O)ccc1NC(=O)C(C)NC(=O)OC(C)(C)C. The van der Waals surface area contributed by atoms with Gasteiger partial charge in [0.05, 0.1) is 0 Å². The molecule has 0 fully saturated rings. The number of hydrogen-bond acceptors (Lipinski definition) is 4. The number of carbonyl (C=O) groups excluding carboxylic acids is 2. The van der Waals surface area contributed by atoms with Gasteiger partial charge in [-0.05, 0) is 58.4 Å². The third-order valence-corrected chi connectivity index (χ3v) is 2.59. The van der Waals surface area contributed by atoms with E-state index in [0.717, 1.165) is 5.56 Å². The molecule has 0 radical (unpaired) electrons. The van der Waals surface area contributed by atoms with Gasteiger partial charge >= 0.3 is 6.09 Å². The monoisotopic (exact) mass is 294 g/mol. The van der Waals surface area contributed by atoms with Crippen LogP contribution in [-0.2, 0) is 9.53 Å². The summed E-state index contributed by atoms with van der Waals surface area (Å²) in [6.45, 7) is 8.57. The van der Waals surface area contributed by atoms with Crippen molar-refractivity contribution in [3.05, 3.63) is 23.8 Å². The summed E-state index contributed by atoms with van der Waals surface area (Å²) in [5.74, 6) is -0.236. The predicted molar refractivity (Wildman–Crippen MR) is 80.3 cm³/mol. The summed E-state index contributed by atoms with van der Waals surface area (Å²) in [5, 5.41) is 14.5. The van der Waals surface area contributed by atoms with Crippen molar-refractivity contribution in [2.75, 3.05) is 5.32 Å². The van der Waals surface area contributed by atoms with Crippen molar-refractivity contribution in [2.24, 2.45) is 0 Å². The predicted octanol–water partition coefficient (Wildman–Crippen LogP) is 2.55. The molecular weight excluding hydrogens is 272 g/mol. The molecule has 116 valence electrons. The van der Waals surface area contributed by atoms with E-state index < -0.39 is 17.7 Å². The lowest BCUT2D eigenvalue weighted by molar-refractivity contribution is -0.117. The highest BCUT2D eigenvalue weighted by atomic mass is 16.6. The van der Waals surface area contributed by atoms with Gasteiger partial charge in [0.15, 0.2) is 0 Å². The normalized spacial score (nSPS) is 12.4. The summed E-state index contributed by atoms with van der Waals surface area (Å²) in [4.78, 5) is 23.6. The Morgan fingerprint density at radius 1 is 1.29 bits per heavy atom. The Morgan fingerprint density at radius 3 is 2.43 bits per heavy atom. The highest BCUT2D eigenvalue weighted by molar-refractivity contribution is 5.96. The Balaban J connectivity index is 2.61. The van der Waals surface area contributed by atoms with Crippen LogP contribution in [0.1, 0.15) is 33.3 Å². The number of hydrogen-bond donors (Lipinski definition) is 3. The van der Waals surface area contributed by atoms with E-state index in [1.54, 1.807) is 46.8 Å². The zero-order chi connectivity index (χ0) is 16.2. The Morgan fingerprint density at radius 2 is 1.90 bits per heavy atom. The maximum absolute atomic E-state index is 12.0. The average Bonchev–Trinajstić information content (AvgIpc) is 2.29. The summed E-state index contributed by atoms with van der Waals surface area (Å²) < 4.78 is 5.09. The molecule has 2 amide bonds. The molecule has 1 aromatic carbocycles. The smallest absolute Gasteiger partial charge is 0.408 e. The van der Waals surface area contributed by atoms with Gasteiger partial charge in [0.1, 0.15) is 17.4 Å². The van der Waals surface area contributed by atoms with Gasteiger partial charge in [-0.1, -0.05) is 0 Å². The first kappa shape index (κ1) is 16.8. The van der Waals surface area contributed by atoms with Crippen LogP contribution in [0.2, 0.25) is 0 Å². The van der Waals surface area contributed by atoms with E-state index in [-0.39, 0.29) is 11.7 Å². The highest BCUT2D eigenvalue weighted by Crippen LogP contribution is 2.20. The first-order valence-corrected chi connectivity index (χ1v) is 6.68. The number of phenols is 1. The molecule has 6 heteroatoms. The Hall–Kier alpha value is -2.24. The number of nitrogens with one attached hydrogen (secondary N) is 2. The number of rotatable bonds is 3. The van der Waals surface area contributed by atoms with Crippen LogP contribution >= 0.6 is 0 Å². The van der Waals surface area contributed by atoms with Crippen molar-refractivity contribution in [3.8, 4) is 5.75 Å². The Bertz CT molecular complexity index is 535. The van der Waals surface area contributed by atoms with Crippen LogP contribution in [0.15, 0.2) is 18.2 Å². The van der Waals surface area contributed by atoms with E-state index in [1.807, 2.05) is 0 Å². The lowest BCUT2D eigenvalue weighted by Crippen LogP contribution is -2.44. The second-order valence-corrected chi connectivity index (χ2v) is 5.86. The standard InChI is InChI=1S/C15H22N2O4/c1-9-8-11(18)6-7-12(9)17-13(19)10(2)16-14(20)21-15(3,4)5/h6-8,10,18H,1-5H3,(H,16,20)(H,17,19). The van der Waals surface area contributed by atoms with Gasteiger partial charge in [0.25, 0.3) is 0 Å². The zero-order valence-corrected chi connectivity index (χ0v) is 13.0. The summed E-state index contributed by atoms with van der Waals surface area (Å²) in [6.07, 6.45) is -0.646. The Kier molecular flexibility index (Phi) is 5.18. The molecule has 0 aliphatic rings. The van der Waals surface area contributed by atoms with E-state index in [9.17, 15) is 14.7 Å². The molecule has 21 heavy (non-hydrogen) atoms. The second-order valence-electron chi connectivity index (χ2n) is 5.86. The number of alkyl carbamates (subject to hydrolysis) is 1. The van der Waals surface area contributed by atoms with Crippen molar-refractivity contribution in [3.63, 3.8) is 0 Å². The molecule has 1 rings (SSSR count). The van der Waals surface area contributed by atoms with Crippen LogP contribution < -0.4 is 10.6 Å². The fourth-order valence-corrected chi connectivity index (χ4v) is 1.58. The van der Waals surface area contributed by atoms with Crippen molar-refractivity contribution in [1.29, 1.82) is 0 Å². The van der Waals surface area contributed by atoms with Gasteiger partial charge in [-0.3, -0.25) is 4.79 Å². The molecule has 0 spiro atoms. The van der Waals surface area contributed by atoms with Gasteiger partial charge in [-0.2, -0.15) is 0 Å². The minimum atomic E-state index is -0.743. The molecule has 0 saturated heterocycles. The topological polar surface area (TPSA) is 87.7 Å². The van der Waals surface area contributed by atoms with Crippen molar-refractivity contribution in [1.82, 2.24) is 5.32 Å². The number of aromatic hydroxyl groups is 1. The third kappa shape index (κ3) is 5.72. The molecular formula is C15H22N2O4. The number of carbonyl (C=O) groups is 2. The summed E-state index contributed by atoms with van der Waals surface area (Å²) in [5.41, 5.74) is 0.692.